The van der Waals surface area contributed by atoms with Crippen molar-refractivity contribution in [2.24, 2.45) is 11.3 Å². The number of rotatable bonds is 13. The fourth-order valence-electron chi connectivity index (χ4n) is 4.42. The van der Waals surface area contributed by atoms with E-state index in [1.165, 1.54) is 6.92 Å². The Balaban J connectivity index is 1.66. The molecule has 0 saturated carbocycles. The largest absolute Gasteiger partial charge is 0.457 e. The van der Waals surface area contributed by atoms with E-state index in [9.17, 15) is 24.0 Å². The van der Waals surface area contributed by atoms with Gasteiger partial charge in [-0.05, 0) is 48.1 Å². The zero-order valence-corrected chi connectivity index (χ0v) is 26.5. The van der Waals surface area contributed by atoms with Gasteiger partial charge < -0.3 is 26.0 Å². The Morgan fingerprint density at radius 3 is 1.89 bits per heavy atom. The molecule has 0 bridgehead atoms. The SMILES string of the molecule is CC(C)[C@H](NC(=O)[C@H](C)NC(=O)[C@@H](NC(=O)c1ccccc1Oc1ccccc1)C(C)(C)C)C(=O)C(=O)NCc1ccccc1. The zero-order chi connectivity index (χ0) is 33.1. The van der Waals surface area contributed by atoms with Crippen LogP contribution in [0.5, 0.6) is 11.5 Å². The van der Waals surface area contributed by atoms with Gasteiger partial charge in [-0.15, -0.1) is 0 Å². The monoisotopic (exact) mass is 614 g/mol. The van der Waals surface area contributed by atoms with E-state index in [2.05, 4.69) is 21.3 Å². The van der Waals surface area contributed by atoms with Crippen molar-refractivity contribution in [1.29, 1.82) is 0 Å². The molecule has 4 N–H and O–H groups in total. The predicted octanol–water partition coefficient (Wildman–Crippen LogP) is 4.15. The Kier molecular flexibility index (Phi) is 12.0. The summed E-state index contributed by atoms with van der Waals surface area (Å²) in [4.78, 5) is 65.6. The van der Waals surface area contributed by atoms with E-state index in [-0.39, 0.29) is 12.1 Å². The average Bonchev–Trinajstić information content (AvgIpc) is 3.01. The van der Waals surface area contributed by atoms with Crippen molar-refractivity contribution in [3.63, 3.8) is 0 Å². The molecule has 0 spiro atoms. The Morgan fingerprint density at radius 1 is 0.711 bits per heavy atom. The molecule has 0 radical (unpaired) electrons. The van der Waals surface area contributed by atoms with Crippen LogP contribution in [0.15, 0.2) is 84.9 Å². The molecule has 0 aliphatic rings. The van der Waals surface area contributed by atoms with Crippen LogP contribution in [0.1, 0.15) is 57.5 Å². The van der Waals surface area contributed by atoms with Crippen molar-refractivity contribution in [3.8, 4) is 11.5 Å². The van der Waals surface area contributed by atoms with E-state index < -0.39 is 58.9 Å². The first-order valence-corrected chi connectivity index (χ1v) is 14.9. The molecule has 3 aromatic rings. The molecule has 4 amide bonds. The number of Topliss-reactive ketones (excluding diaryl/α,β-unsaturated/α-hetero) is 1. The van der Waals surface area contributed by atoms with Crippen molar-refractivity contribution in [3.05, 3.63) is 96.1 Å². The smallest absolute Gasteiger partial charge is 0.289 e. The number of nitrogens with one attached hydrogen (secondary N) is 4. The Bertz CT molecular complexity index is 1480. The summed E-state index contributed by atoms with van der Waals surface area (Å²) >= 11 is 0. The molecule has 3 rings (SSSR count). The Morgan fingerprint density at radius 2 is 1.29 bits per heavy atom. The molecule has 0 fully saturated rings. The van der Waals surface area contributed by atoms with Crippen molar-refractivity contribution in [1.82, 2.24) is 21.3 Å². The normalized spacial score (nSPS) is 13.1. The number of ketones is 1. The van der Waals surface area contributed by atoms with E-state index >= 15 is 0 Å². The van der Waals surface area contributed by atoms with E-state index in [4.69, 9.17) is 4.74 Å². The second-order valence-electron chi connectivity index (χ2n) is 12.2. The maximum Gasteiger partial charge on any atom is 0.289 e. The molecule has 3 aromatic carbocycles. The highest BCUT2D eigenvalue weighted by Gasteiger charge is 2.36. The molecule has 3 atom stereocenters. The van der Waals surface area contributed by atoms with Crippen LogP contribution in [0.2, 0.25) is 0 Å². The first-order valence-electron chi connectivity index (χ1n) is 14.9. The molecular formula is C35H42N4O6. The zero-order valence-electron chi connectivity index (χ0n) is 26.5. The van der Waals surface area contributed by atoms with Gasteiger partial charge in [0.05, 0.1) is 11.6 Å². The number of ether oxygens (including phenoxy) is 1. The average molecular weight is 615 g/mol. The third-order valence-corrected chi connectivity index (χ3v) is 7.02. The Hall–Kier alpha value is -4.99. The van der Waals surface area contributed by atoms with Gasteiger partial charge in [0.25, 0.3) is 11.8 Å². The molecule has 0 heterocycles. The summed E-state index contributed by atoms with van der Waals surface area (Å²) in [6, 6.07) is 21.6. The van der Waals surface area contributed by atoms with Gasteiger partial charge in [-0.25, -0.2) is 0 Å². The van der Waals surface area contributed by atoms with Gasteiger partial charge in [-0.1, -0.05) is 95.3 Å². The van der Waals surface area contributed by atoms with Crippen molar-refractivity contribution in [2.75, 3.05) is 0 Å². The lowest BCUT2D eigenvalue weighted by atomic mass is 9.85. The lowest BCUT2D eigenvalue weighted by Gasteiger charge is -2.31. The second kappa shape index (κ2) is 15.7. The maximum atomic E-state index is 13.5. The van der Waals surface area contributed by atoms with Gasteiger partial charge in [-0.3, -0.25) is 24.0 Å². The molecule has 238 valence electrons. The van der Waals surface area contributed by atoms with Crippen LogP contribution >= 0.6 is 0 Å². The van der Waals surface area contributed by atoms with E-state index in [1.54, 1.807) is 71.0 Å². The van der Waals surface area contributed by atoms with Crippen LogP contribution < -0.4 is 26.0 Å². The van der Waals surface area contributed by atoms with Crippen LogP contribution in [0.25, 0.3) is 0 Å². The highest BCUT2D eigenvalue weighted by molar-refractivity contribution is 6.38. The fraction of sp³-hybridized carbons (Fsp3) is 0.343. The lowest BCUT2D eigenvalue weighted by Crippen LogP contribution is -2.59. The van der Waals surface area contributed by atoms with E-state index in [0.29, 0.717) is 11.5 Å². The van der Waals surface area contributed by atoms with Crippen LogP contribution in [0.4, 0.5) is 0 Å². The molecule has 0 unspecified atom stereocenters. The van der Waals surface area contributed by atoms with Crippen molar-refractivity contribution in [2.45, 2.75) is 66.2 Å². The molecule has 0 saturated heterocycles. The summed E-state index contributed by atoms with van der Waals surface area (Å²) in [5.41, 5.74) is 0.323. The van der Waals surface area contributed by atoms with Gasteiger partial charge >= 0.3 is 0 Å². The third-order valence-electron chi connectivity index (χ3n) is 7.02. The minimum Gasteiger partial charge on any atom is -0.457 e. The quantitative estimate of drug-likeness (QED) is 0.213. The number of hydrogen-bond donors (Lipinski definition) is 4. The maximum absolute atomic E-state index is 13.5. The van der Waals surface area contributed by atoms with Gasteiger partial charge in [-0.2, -0.15) is 0 Å². The Labute approximate surface area is 264 Å². The van der Waals surface area contributed by atoms with Gasteiger partial charge in [0.2, 0.25) is 17.6 Å². The molecular weight excluding hydrogens is 572 g/mol. The number of amides is 4. The molecule has 10 nitrogen and oxygen atoms in total. The van der Waals surface area contributed by atoms with Crippen molar-refractivity contribution < 1.29 is 28.7 Å². The molecule has 0 aromatic heterocycles. The third kappa shape index (κ3) is 10.0. The summed E-state index contributed by atoms with van der Waals surface area (Å²) in [5, 5.41) is 10.6. The summed E-state index contributed by atoms with van der Waals surface area (Å²) in [5.74, 6) is -2.90. The first-order chi connectivity index (χ1) is 21.3. The number of hydrogen-bond acceptors (Lipinski definition) is 6. The summed E-state index contributed by atoms with van der Waals surface area (Å²) in [6.45, 7) is 10.4. The van der Waals surface area contributed by atoms with Crippen LogP contribution in [-0.4, -0.2) is 47.5 Å². The molecule has 0 aliphatic heterocycles. The fourth-order valence-corrected chi connectivity index (χ4v) is 4.42. The number of para-hydroxylation sites is 2. The second-order valence-corrected chi connectivity index (χ2v) is 12.2. The van der Waals surface area contributed by atoms with Gasteiger partial charge in [0.1, 0.15) is 23.6 Å². The number of carbonyl (C=O) groups excluding carboxylic acids is 5. The molecule has 0 aliphatic carbocycles. The van der Waals surface area contributed by atoms with Crippen LogP contribution in [0.3, 0.4) is 0 Å². The van der Waals surface area contributed by atoms with Gasteiger partial charge in [0.15, 0.2) is 0 Å². The minimum absolute atomic E-state index is 0.166. The summed E-state index contributed by atoms with van der Waals surface area (Å²) < 4.78 is 5.91. The highest BCUT2D eigenvalue weighted by Crippen LogP contribution is 2.26. The summed E-state index contributed by atoms with van der Waals surface area (Å²) in [7, 11) is 0. The molecule has 45 heavy (non-hydrogen) atoms. The summed E-state index contributed by atoms with van der Waals surface area (Å²) in [6.07, 6.45) is 0. The number of carbonyl (C=O) groups is 5. The minimum atomic E-state index is -1.10. The standard InChI is InChI=1S/C35H42N4O6/c1-22(2)28(29(40)33(43)36-21-24-15-9-7-10-16-24)38-31(41)23(3)37-34(44)30(35(4,5)6)39-32(42)26-19-13-14-20-27(26)45-25-17-11-8-12-18-25/h7-20,22-23,28,30H,21H2,1-6H3,(H,36,43)(H,37,44)(H,38,41)(H,39,42)/t23-,28-,30+/m0/s1. The highest BCUT2D eigenvalue weighted by atomic mass is 16.5. The number of benzene rings is 3. The van der Waals surface area contributed by atoms with E-state index in [0.717, 1.165) is 5.56 Å². The topological polar surface area (TPSA) is 143 Å². The van der Waals surface area contributed by atoms with Gasteiger partial charge in [0, 0.05) is 6.54 Å². The lowest BCUT2D eigenvalue weighted by molar-refractivity contribution is -0.141. The van der Waals surface area contributed by atoms with Crippen LogP contribution in [0, 0.1) is 11.3 Å². The van der Waals surface area contributed by atoms with E-state index in [1.807, 2.05) is 48.5 Å². The molecule has 10 heteroatoms. The van der Waals surface area contributed by atoms with Crippen molar-refractivity contribution >= 4 is 29.4 Å². The first kappa shape index (κ1) is 34.5. The van der Waals surface area contributed by atoms with Crippen LogP contribution in [-0.2, 0) is 25.7 Å². The predicted molar refractivity (Wildman–Crippen MR) is 171 cm³/mol.